The maximum Gasteiger partial charge on any atom is 0.123 e. The van der Waals surface area contributed by atoms with Gasteiger partial charge in [-0.25, -0.2) is 4.39 Å². The fourth-order valence-corrected chi connectivity index (χ4v) is 2.97. The monoisotopic (exact) mass is 350 g/mol. The lowest BCUT2D eigenvalue weighted by atomic mass is 9.99. The Hall–Kier alpha value is -1.23. The molecule has 1 unspecified atom stereocenters. The standard InChI is InChI=1S/C17H20BrFN2/c1-12-9-14(19)7-8-15(12)17(10-20)21(2)11-13-5-3-4-6-16(13)18/h3-9,17H,10-11,20H2,1-2H3. The third-order valence-corrected chi connectivity index (χ3v) is 4.50. The first kappa shape index (κ1) is 16.1. The Morgan fingerprint density at radius 3 is 2.57 bits per heavy atom. The van der Waals surface area contributed by atoms with Crippen LogP contribution in [0.3, 0.4) is 0 Å². The second-order valence-corrected chi connectivity index (χ2v) is 6.11. The first-order valence-electron chi connectivity index (χ1n) is 6.92. The Morgan fingerprint density at radius 1 is 1.24 bits per heavy atom. The van der Waals surface area contributed by atoms with Crippen molar-refractivity contribution < 1.29 is 4.39 Å². The quantitative estimate of drug-likeness (QED) is 0.881. The molecule has 21 heavy (non-hydrogen) atoms. The second-order valence-electron chi connectivity index (χ2n) is 5.26. The molecule has 0 saturated heterocycles. The van der Waals surface area contributed by atoms with Gasteiger partial charge in [-0.2, -0.15) is 0 Å². The summed E-state index contributed by atoms with van der Waals surface area (Å²) in [5, 5.41) is 0. The lowest BCUT2D eigenvalue weighted by Crippen LogP contribution is -2.30. The summed E-state index contributed by atoms with van der Waals surface area (Å²) in [5.41, 5.74) is 9.18. The van der Waals surface area contributed by atoms with Crippen LogP contribution in [0.25, 0.3) is 0 Å². The van der Waals surface area contributed by atoms with Crippen molar-refractivity contribution in [1.82, 2.24) is 4.90 Å². The predicted molar refractivity (Wildman–Crippen MR) is 88.5 cm³/mol. The molecule has 2 nitrogen and oxygen atoms in total. The Kier molecular flexibility index (Phi) is 5.51. The molecule has 0 saturated carbocycles. The van der Waals surface area contributed by atoms with Crippen molar-refractivity contribution >= 4 is 15.9 Å². The number of rotatable bonds is 5. The van der Waals surface area contributed by atoms with Gasteiger partial charge in [0.2, 0.25) is 0 Å². The van der Waals surface area contributed by atoms with Crippen LogP contribution >= 0.6 is 15.9 Å². The summed E-state index contributed by atoms with van der Waals surface area (Å²) in [4.78, 5) is 2.19. The highest BCUT2D eigenvalue weighted by molar-refractivity contribution is 9.10. The molecule has 0 spiro atoms. The molecule has 2 aromatic carbocycles. The first-order valence-corrected chi connectivity index (χ1v) is 7.72. The zero-order valence-corrected chi connectivity index (χ0v) is 13.9. The van der Waals surface area contributed by atoms with Gasteiger partial charge in [-0.3, -0.25) is 4.90 Å². The summed E-state index contributed by atoms with van der Waals surface area (Å²) >= 11 is 3.57. The van der Waals surface area contributed by atoms with Crippen LogP contribution in [-0.4, -0.2) is 18.5 Å². The maximum atomic E-state index is 13.3. The van der Waals surface area contributed by atoms with Crippen LogP contribution in [0.1, 0.15) is 22.7 Å². The topological polar surface area (TPSA) is 29.3 Å². The molecule has 112 valence electrons. The Morgan fingerprint density at radius 2 is 1.95 bits per heavy atom. The summed E-state index contributed by atoms with van der Waals surface area (Å²) in [5.74, 6) is -0.208. The van der Waals surface area contributed by atoms with E-state index in [0.717, 1.165) is 22.1 Å². The summed E-state index contributed by atoms with van der Waals surface area (Å²) in [6.07, 6.45) is 0. The number of nitrogens with zero attached hydrogens (tertiary/aromatic N) is 1. The van der Waals surface area contributed by atoms with Crippen LogP contribution < -0.4 is 5.73 Å². The Labute approximate surface area is 133 Å². The van der Waals surface area contributed by atoms with Crippen molar-refractivity contribution in [3.05, 3.63) is 69.4 Å². The van der Waals surface area contributed by atoms with Crippen LogP contribution in [0.2, 0.25) is 0 Å². The molecule has 0 fully saturated rings. The molecule has 0 aliphatic heterocycles. The molecule has 0 aliphatic carbocycles. The van der Waals surface area contributed by atoms with Crippen LogP contribution in [0.15, 0.2) is 46.9 Å². The summed E-state index contributed by atoms with van der Waals surface area (Å²) in [6.45, 7) is 3.20. The average molecular weight is 351 g/mol. The number of benzene rings is 2. The molecule has 1 atom stereocenters. The van der Waals surface area contributed by atoms with Gasteiger partial charge in [-0.15, -0.1) is 0 Å². The lowest BCUT2D eigenvalue weighted by Gasteiger charge is -2.29. The average Bonchev–Trinajstić information content (AvgIpc) is 2.44. The van der Waals surface area contributed by atoms with E-state index in [1.165, 1.54) is 11.6 Å². The minimum Gasteiger partial charge on any atom is -0.329 e. The highest BCUT2D eigenvalue weighted by atomic mass is 79.9. The van der Waals surface area contributed by atoms with Crippen molar-refractivity contribution in [2.45, 2.75) is 19.5 Å². The fraction of sp³-hybridized carbons (Fsp3) is 0.294. The molecule has 2 aromatic rings. The molecule has 0 bridgehead atoms. The molecular weight excluding hydrogens is 331 g/mol. The zero-order chi connectivity index (χ0) is 15.4. The molecule has 2 N–H and O–H groups in total. The minimum absolute atomic E-state index is 0.0673. The van der Waals surface area contributed by atoms with Crippen LogP contribution in [0.5, 0.6) is 0 Å². The normalized spacial score (nSPS) is 12.7. The molecule has 4 heteroatoms. The summed E-state index contributed by atoms with van der Waals surface area (Å²) in [7, 11) is 2.04. The van der Waals surface area contributed by atoms with E-state index in [9.17, 15) is 4.39 Å². The van der Waals surface area contributed by atoms with Gasteiger partial charge in [0.15, 0.2) is 0 Å². The van der Waals surface area contributed by atoms with Crippen molar-refractivity contribution in [1.29, 1.82) is 0 Å². The minimum atomic E-state index is -0.208. The third-order valence-electron chi connectivity index (χ3n) is 3.72. The van der Waals surface area contributed by atoms with Crippen LogP contribution in [0.4, 0.5) is 4.39 Å². The smallest absolute Gasteiger partial charge is 0.123 e. The van der Waals surface area contributed by atoms with E-state index in [0.29, 0.717) is 6.54 Å². The Balaban J connectivity index is 2.22. The maximum absolute atomic E-state index is 13.3. The van der Waals surface area contributed by atoms with E-state index >= 15 is 0 Å². The van der Waals surface area contributed by atoms with E-state index in [2.05, 4.69) is 26.9 Å². The highest BCUT2D eigenvalue weighted by Gasteiger charge is 2.18. The number of nitrogens with two attached hydrogens (primary N) is 1. The molecule has 0 heterocycles. The molecule has 0 aromatic heterocycles. The van der Waals surface area contributed by atoms with Gasteiger partial charge in [0.1, 0.15) is 5.82 Å². The van der Waals surface area contributed by atoms with Crippen LogP contribution in [-0.2, 0) is 6.54 Å². The zero-order valence-electron chi connectivity index (χ0n) is 12.3. The molecular formula is C17H20BrFN2. The van der Waals surface area contributed by atoms with Crippen molar-refractivity contribution in [2.24, 2.45) is 5.73 Å². The summed E-state index contributed by atoms with van der Waals surface area (Å²) < 4.78 is 14.4. The fourth-order valence-electron chi connectivity index (χ4n) is 2.56. The number of aryl methyl sites for hydroxylation is 1. The number of halogens is 2. The number of likely N-dealkylation sites (N-methyl/N-ethyl adjacent to an activating group) is 1. The number of hydrogen-bond acceptors (Lipinski definition) is 2. The second kappa shape index (κ2) is 7.16. The third kappa shape index (κ3) is 3.90. The SMILES string of the molecule is Cc1cc(F)ccc1C(CN)N(C)Cc1ccccc1Br. The summed E-state index contributed by atoms with van der Waals surface area (Å²) in [6, 6.07) is 13.1. The van der Waals surface area contributed by atoms with E-state index < -0.39 is 0 Å². The molecule has 0 amide bonds. The van der Waals surface area contributed by atoms with Gasteiger partial charge in [0.25, 0.3) is 0 Å². The Bertz CT molecular complexity index is 615. The van der Waals surface area contributed by atoms with Gasteiger partial charge in [-0.05, 0) is 48.9 Å². The van der Waals surface area contributed by atoms with Gasteiger partial charge < -0.3 is 5.73 Å². The van der Waals surface area contributed by atoms with Crippen molar-refractivity contribution in [3.63, 3.8) is 0 Å². The molecule has 0 aliphatic rings. The first-order chi connectivity index (χ1) is 10.0. The van der Waals surface area contributed by atoms with Gasteiger partial charge in [0.05, 0.1) is 0 Å². The molecule has 2 rings (SSSR count). The van der Waals surface area contributed by atoms with Gasteiger partial charge >= 0.3 is 0 Å². The largest absolute Gasteiger partial charge is 0.329 e. The van der Waals surface area contributed by atoms with E-state index in [4.69, 9.17) is 5.73 Å². The molecule has 0 radical (unpaired) electrons. The van der Waals surface area contributed by atoms with Crippen molar-refractivity contribution in [3.8, 4) is 0 Å². The van der Waals surface area contributed by atoms with Crippen molar-refractivity contribution in [2.75, 3.05) is 13.6 Å². The highest BCUT2D eigenvalue weighted by Crippen LogP contribution is 2.26. The predicted octanol–water partition coefficient (Wildman–Crippen LogP) is 4.03. The van der Waals surface area contributed by atoms with E-state index in [1.807, 2.05) is 38.2 Å². The van der Waals surface area contributed by atoms with E-state index in [1.54, 1.807) is 6.07 Å². The van der Waals surface area contributed by atoms with E-state index in [-0.39, 0.29) is 11.9 Å². The van der Waals surface area contributed by atoms with Gasteiger partial charge in [-0.1, -0.05) is 40.2 Å². The van der Waals surface area contributed by atoms with Crippen LogP contribution in [0, 0.1) is 12.7 Å². The lowest BCUT2D eigenvalue weighted by molar-refractivity contribution is 0.240. The van der Waals surface area contributed by atoms with Gasteiger partial charge in [0, 0.05) is 23.6 Å². The number of hydrogen-bond donors (Lipinski definition) is 1.